The van der Waals surface area contributed by atoms with Crippen molar-refractivity contribution in [3.63, 3.8) is 0 Å². The van der Waals surface area contributed by atoms with E-state index in [0.29, 0.717) is 17.8 Å². The number of fused-ring (bicyclic) bond motifs is 2. The predicted octanol–water partition coefficient (Wildman–Crippen LogP) is 1.94. The van der Waals surface area contributed by atoms with Gasteiger partial charge >= 0.3 is 0 Å². The molecule has 1 N–H and O–H groups in total. The summed E-state index contributed by atoms with van der Waals surface area (Å²) < 4.78 is 13.4. The minimum Gasteiger partial charge on any atom is -0.507 e. The number of likely N-dealkylation sites (N-methyl/N-ethyl adjacent to an activating group) is 2. The van der Waals surface area contributed by atoms with Gasteiger partial charge in [-0.1, -0.05) is 18.2 Å². The summed E-state index contributed by atoms with van der Waals surface area (Å²) in [6.45, 7) is 0.510. The molecule has 1 spiro atoms. The van der Waals surface area contributed by atoms with Gasteiger partial charge in [0.15, 0.2) is 5.54 Å². The summed E-state index contributed by atoms with van der Waals surface area (Å²) in [5, 5.41) is 11.1. The van der Waals surface area contributed by atoms with Crippen LogP contribution in [0, 0.1) is 5.82 Å². The third kappa shape index (κ3) is 2.86. The summed E-state index contributed by atoms with van der Waals surface area (Å²) in [5.41, 5.74) is -0.942. The summed E-state index contributed by atoms with van der Waals surface area (Å²) in [5.74, 6) is -3.33. The van der Waals surface area contributed by atoms with Crippen molar-refractivity contribution in [1.82, 2.24) is 9.80 Å². The van der Waals surface area contributed by atoms with Crippen molar-refractivity contribution in [2.75, 3.05) is 39.1 Å². The fourth-order valence-electron chi connectivity index (χ4n) is 4.32. The van der Waals surface area contributed by atoms with Gasteiger partial charge in [0.2, 0.25) is 0 Å². The average Bonchev–Trinajstić information content (AvgIpc) is 3.11. The van der Waals surface area contributed by atoms with Crippen LogP contribution in [0.25, 0.3) is 5.76 Å². The quantitative estimate of drug-likeness (QED) is 0.462. The van der Waals surface area contributed by atoms with Crippen LogP contribution < -0.4 is 4.90 Å². The third-order valence-electron chi connectivity index (χ3n) is 5.83. The number of carbonyl (C=O) groups is 3. The smallest absolute Gasteiger partial charge is 0.296 e. The molecule has 0 radical (unpaired) electrons. The zero-order chi connectivity index (χ0) is 22.5. The van der Waals surface area contributed by atoms with E-state index in [1.54, 1.807) is 31.3 Å². The number of halogens is 1. The number of para-hydroxylation sites is 1. The van der Waals surface area contributed by atoms with Gasteiger partial charge in [-0.15, -0.1) is 0 Å². The van der Waals surface area contributed by atoms with E-state index in [-0.39, 0.29) is 17.7 Å². The standard InChI is InChI=1S/C23H22FN3O4/c1-25(2)12-13-27-21(30)20(29)18(19(28)14-8-10-15(24)11-9-14)23(27)16-6-4-5-7-17(16)26(3)22(23)31/h4-11,28H,12-13H2,1-3H3/b19-18-. The Labute approximate surface area is 179 Å². The van der Waals surface area contributed by atoms with Gasteiger partial charge in [0.05, 0.1) is 5.57 Å². The fraction of sp³-hybridized carbons (Fsp3) is 0.261. The van der Waals surface area contributed by atoms with Crippen molar-refractivity contribution < 1.29 is 23.9 Å². The normalized spacial score (nSPS) is 22.2. The van der Waals surface area contributed by atoms with E-state index in [9.17, 15) is 23.9 Å². The van der Waals surface area contributed by atoms with Crippen LogP contribution in [0.5, 0.6) is 0 Å². The van der Waals surface area contributed by atoms with Gasteiger partial charge in [-0.05, 0) is 44.4 Å². The largest absolute Gasteiger partial charge is 0.507 e. The molecule has 1 unspecified atom stereocenters. The van der Waals surface area contributed by atoms with E-state index in [2.05, 4.69) is 0 Å². The molecule has 8 heteroatoms. The lowest BCUT2D eigenvalue weighted by Gasteiger charge is -2.34. The molecule has 7 nitrogen and oxygen atoms in total. The van der Waals surface area contributed by atoms with E-state index in [1.807, 2.05) is 19.0 Å². The molecule has 2 aliphatic rings. The Balaban J connectivity index is 2.04. The molecule has 2 heterocycles. The van der Waals surface area contributed by atoms with Crippen LogP contribution in [0.1, 0.15) is 11.1 Å². The number of benzene rings is 2. The van der Waals surface area contributed by atoms with E-state index in [1.165, 1.54) is 21.9 Å². The van der Waals surface area contributed by atoms with Gasteiger partial charge in [0, 0.05) is 37.0 Å². The molecule has 0 saturated carbocycles. The number of ketones is 1. The lowest BCUT2D eigenvalue weighted by Crippen LogP contribution is -2.52. The average molecular weight is 423 g/mol. The van der Waals surface area contributed by atoms with Gasteiger partial charge in [0.25, 0.3) is 17.6 Å². The lowest BCUT2D eigenvalue weighted by atomic mass is 9.82. The van der Waals surface area contributed by atoms with Crippen molar-refractivity contribution >= 4 is 29.0 Å². The molecule has 2 amide bonds. The van der Waals surface area contributed by atoms with Gasteiger partial charge in [-0.3, -0.25) is 14.4 Å². The molecule has 1 atom stereocenters. The number of rotatable bonds is 4. The summed E-state index contributed by atoms with van der Waals surface area (Å²) in [6.07, 6.45) is 0. The maximum Gasteiger partial charge on any atom is 0.296 e. The highest BCUT2D eigenvalue weighted by Crippen LogP contribution is 2.53. The maximum atomic E-state index is 13.7. The second-order valence-corrected chi connectivity index (χ2v) is 7.91. The number of amides is 2. The second-order valence-electron chi connectivity index (χ2n) is 7.91. The van der Waals surface area contributed by atoms with Crippen molar-refractivity contribution in [3.8, 4) is 0 Å². The first-order valence-electron chi connectivity index (χ1n) is 9.79. The Bertz CT molecular complexity index is 1130. The highest BCUT2D eigenvalue weighted by Gasteiger charge is 2.66. The number of hydrogen-bond acceptors (Lipinski definition) is 5. The van der Waals surface area contributed by atoms with Crippen LogP contribution in [0.15, 0.2) is 54.1 Å². The van der Waals surface area contributed by atoms with Gasteiger partial charge in [0.1, 0.15) is 11.6 Å². The van der Waals surface area contributed by atoms with Crippen LogP contribution in [-0.4, -0.2) is 66.7 Å². The predicted molar refractivity (Wildman–Crippen MR) is 113 cm³/mol. The van der Waals surface area contributed by atoms with E-state index in [0.717, 1.165) is 12.1 Å². The number of nitrogens with zero attached hydrogens (tertiary/aromatic N) is 3. The molecule has 2 aliphatic heterocycles. The van der Waals surface area contributed by atoms with Gasteiger partial charge in [-0.25, -0.2) is 4.39 Å². The Hall–Kier alpha value is -3.52. The summed E-state index contributed by atoms with van der Waals surface area (Å²) in [6, 6.07) is 11.8. The van der Waals surface area contributed by atoms with Crippen molar-refractivity contribution in [2.24, 2.45) is 0 Å². The highest BCUT2D eigenvalue weighted by molar-refractivity contribution is 6.50. The summed E-state index contributed by atoms with van der Waals surface area (Å²) >= 11 is 0. The molecule has 2 aromatic carbocycles. The highest BCUT2D eigenvalue weighted by atomic mass is 19.1. The van der Waals surface area contributed by atoms with Crippen molar-refractivity contribution in [2.45, 2.75) is 5.54 Å². The topological polar surface area (TPSA) is 81.2 Å². The Morgan fingerprint density at radius 2 is 1.71 bits per heavy atom. The summed E-state index contributed by atoms with van der Waals surface area (Å²) in [7, 11) is 5.20. The summed E-state index contributed by atoms with van der Waals surface area (Å²) in [4.78, 5) is 44.5. The van der Waals surface area contributed by atoms with E-state index >= 15 is 0 Å². The second kappa shape index (κ2) is 7.31. The molecule has 4 rings (SSSR count). The van der Waals surface area contributed by atoms with Crippen LogP contribution in [0.2, 0.25) is 0 Å². The fourth-order valence-corrected chi connectivity index (χ4v) is 4.32. The van der Waals surface area contributed by atoms with Crippen molar-refractivity contribution in [1.29, 1.82) is 0 Å². The molecular weight excluding hydrogens is 401 g/mol. The van der Waals surface area contributed by atoms with Gasteiger partial charge in [-0.2, -0.15) is 0 Å². The molecule has 31 heavy (non-hydrogen) atoms. The molecule has 1 fully saturated rings. The Morgan fingerprint density at radius 3 is 2.35 bits per heavy atom. The monoisotopic (exact) mass is 423 g/mol. The van der Waals surface area contributed by atoms with E-state index < -0.39 is 34.7 Å². The number of aliphatic hydroxyl groups excluding tert-OH is 1. The van der Waals surface area contributed by atoms with Gasteiger partial charge < -0.3 is 19.8 Å². The van der Waals surface area contributed by atoms with Crippen LogP contribution in [0.3, 0.4) is 0 Å². The molecule has 160 valence electrons. The number of Topliss-reactive ketones (excluding diaryl/α,β-unsaturated/α-hetero) is 1. The molecule has 0 aliphatic carbocycles. The zero-order valence-electron chi connectivity index (χ0n) is 17.4. The first kappa shape index (κ1) is 20.7. The Kier molecular flexibility index (Phi) is 4.89. The number of aliphatic hydroxyl groups is 1. The first-order chi connectivity index (χ1) is 14.7. The minimum atomic E-state index is -1.78. The molecular formula is C23H22FN3O4. The number of carbonyl (C=O) groups excluding carboxylic acids is 3. The molecule has 0 aromatic heterocycles. The number of hydrogen-bond donors (Lipinski definition) is 1. The maximum absolute atomic E-state index is 13.7. The SMILES string of the molecule is CN(C)CCN1C(=O)C(=O)/C(=C(/O)c2ccc(F)cc2)C12C(=O)N(C)c1ccccc12. The molecule has 0 bridgehead atoms. The third-order valence-corrected chi connectivity index (χ3v) is 5.83. The van der Waals surface area contributed by atoms with Crippen LogP contribution in [0.4, 0.5) is 10.1 Å². The molecule has 1 saturated heterocycles. The zero-order valence-corrected chi connectivity index (χ0v) is 17.4. The van der Waals surface area contributed by atoms with Crippen molar-refractivity contribution in [3.05, 3.63) is 71.0 Å². The lowest BCUT2D eigenvalue weighted by molar-refractivity contribution is -0.143. The van der Waals surface area contributed by atoms with Crippen LogP contribution in [-0.2, 0) is 19.9 Å². The number of likely N-dealkylation sites (tertiary alicyclic amines) is 1. The number of anilines is 1. The molecule has 2 aromatic rings. The first-order valence-corrected chi connectivity index (χ1v) is 9.79. The Morgan fingerprint density at radius 1 is 1.06 bits per heavy atom. The van der Waals surface area contributed by atoms with E-state index in [4.69, 9.17) is 0 Å². The minimum absolute atomic E-state index is 0.103. The van der Waals surface area contributed by atoms with Crippen LogP contribution >= 0.6 is 0 Å².